The molecule has 2 aromatic carbocycles. The number of halogens is 1. The Morgan fingerprint density at radius 1 is 1.22 bits per heavy atom. The number of nitrogens with one attached hydrogen (secondary N) is 1. The summed E-state index contributed by atoms with van der Waals surface area (Å²) in [6.45, 7) is 2.41. The third kappa shape index (κ3) is 3.23. The van der Waals surface area contributed by atoms with Gasteiger partial charge in [-0.2, -0.15) is 0 Å². The molecule has 1 saturated heterocycles. The molecule has 1 unspecified atom stereocenters. The van der Waals surface area contributed by atoms with E-state index in [1.54, 1.807) is 29.2 Å². The lowest BCUT2D eigenvalue weighted by Gasteiger charge is -2.17. The first-order valence-electron chi connectivity index (χ1n) is 7.49. The van der Waals surface area contributed by atoms with Gasteiger partial charge in [0.05, 0.1) is 0 Å². The molecule has 2 amide bonds. The van der Waals surface area contributed by atoms with Gasteiger partial charge in [0.25, 0.3) is 5.91 Å². The average Bonchev–Trinajstić information content (AvgIpc) is 2.89. The van der Waals surface area contributed by atoms with Gasteiger partial charge in [-0.3, -0.25) is 9.59 Å². The summed E-state index contributed by atoms with van der Waals surface area (Å²) in [5.41, 5.74) is 2.17. The van der Waals surface area contributed by atoms with Gasteiger partial charge in [-0.25, -0.2) is 4.39 Å². The van der Waals surface area contributed by atoms with E-state index in [1.165, 1.54) is 12.1 Å². The van der Waals surface area contributed by atoms with Gasteiger partial charge in [0.15, 0.2) is 0 Å². The molecule has 1 aliphatic heterocycles. The van der Waals surface area contributed by atoms with Crippen LogP contribution in [0.4, 0.5) is 10.1 Å². The maximum atomic E-state index is 13.0. The first-order valence-corrected chi connectivity index (χ1v) is 7.49. The van der Waals surface area contributed by atoms with Crippen LogP contribution in [0.1, 0.15) is 22.3 Å². The zero-order valence-electron chi connectivity index (χ0n) is 12.8. The third-order valence-corrected chi connectivity index (χ3v) is 3.93. The van der Waals surface area contributed by atoms with E-state index in [9.17, 15) is 14.0 Å². The number of hydrogen-bond donors (Lipinski definition) is 1. The Hall–Kier alpha value is -2.69. The summed E-state index contributed by atoms with van der Waals surface area (Å²) in [5.74, 6) is -0.768. The highest BCUT2D eigenvalue weighted by molar-refractivity contribution is 6.03. The fourth-order valence-corrected chi connectivity index (χ4v) is 2.72. The lowest BCUT2D eigenvalue weighted by atomic mass is 10.1. The highest BCUT2D eigenvalue weighted by atomic mass is 19.1. The monoisotopic (exact) mass is 312 g/mol. The molecule has 0 bridgehead atoms. The van der Waals surface area contributed by atoms with Gasteiger partial charge >= 0.3 is 0 Å². The van der Waals surface area contributed by atoms with E-state index >= 15 is 0 Å². The van der Waals surface area contributed by atoms with Crippen LogP contribution in [0.2, 0.25) is 0 Å². The van der Waals surface area contributed by atoms with Crippen LogP contribution < -0.4 is 10.2 Å². The van der Waals surface area contributed by atoms with Crippen LogP contribution in [0, 0.1) is 12.7 Å². The lowest BCUT2D eigenvalue weighted by molar-refractivity contribution is -0.118. The Morgan fingerprint density at radius 2 is 1.96 bits per heavy atom. The zero-order valence-corrected chi connectivity index (χ0v) is 12.8. The molecule has 1 fully saturated rings. The molecule has 1 heterocycles. The minimum absolute atomic E-state index is 0.169. The van der Waals surface area contributed by atoms with E-state index in [0.717, 1.165) is 5.56 Å². The number of amides is 2. The number of rotatable bonds is 3. The summed E-state index contributed by atoms with van der Waals surface area (Å²) < 4.78 is 13.0. The number of carbonyl (C=O) groups excluding carboxylic acids is 2. The topological polar surface area (TPSA) is 49.4 Å². The van der Waals surface area contributed by atoms with Crippen LogP contribution in [0.5, 0.6) is 0 Å². The summed E-state index contributed by atoms with van der Waals surface area (Å²) >= 11 is 0. The summed E-state index contributed by atoms with van der Waals surface area (Å²) in [6, 6.07) is 12.5. The van der Waals surface area contributed by atoms with Gasteiger partial charge in [-0.1, -0.05) is 17.7 Å². The minimum atomic E-state index is -0.548. The molecule has 4 nitrogen and oxygen atoms in total. The quantitative estimate of drug-likeness (QED) is 0.947. The van der Waals surface area contributed by atoms with Crippen molar-refractivity contribution in [2.24, 2.45) is 0 Å². The van der Waals surface area contributed by atoms with E-state index in [-0.39, 0.29) is 17.6 Å². The molecule has 23 heavy (non-hydrogen) atoms. The largest absolute Gasteiger partial charge is 0.340 e. The molecule has 0 aromatic heterocycles. The van der Waals surface area contributed by atoms with Crippen molar-refractivity contribution in [1.29, 1.82) is 0 Å². The predicted octanol–water partition coefficient (Wildman–Crippen LogP) is 2.67. The van der Waals surface area contributed by atoms with Crippen molar-refractivity contribution in [3.63, 3.8) is 0 Å². The third-order valence-electron chi connectivity index (χ3n) is 3.93. The van der Waals surface area contributed by atoms with Crippen LogP contribution >= 0.6 is 0 Å². The molecule has 2 aromatic rings. The Morgan fingerprint density at radius 3 is 2.65 bits per heavy atom. The van der Waals surface area contributed by atoms with E-state index in [2.05, 4.69) is 5.32 Å². The van der Waals surface area contributed by atoms with Crippen LogP contribution in [-0.2, 0) is 4.79 Å². The van der Waals surface area contributed by atoms with Gasteiger partial charge < -0.3 is 10.2 Å². The van der Waals surface area contributed by atoms with Crippen molar-refractivity contribution in [2.45, 2.75) is 19.4 Å². The Balaban J connectivity index is 1.69. The van der Waals surface area contributed by atoms with E-state index in [0.29, 0.717) is 24.2 Å². The molecule has 0 saturated carbocycles. The Labute approximate surface area is 133 Å². The maximum Gasteiger partial charge on any atom is 0.251 e. The molecular formula is C18H17FN2O2. The Kier molecular flexibility index (Phi) is 4.10. The standard InChI is InChI=1S/C18H17FN2O2/c1-12-3-2-4-13(11-12)17(22)20-16-9-10-21(18(16)23)15-7-5-14(19)6-8-15/h2-8,11,16H,9-10H2,1H3,(H,20,22). The fraction of sp³-hybridized carbons (Fsp3) is 0.222. The van der Waals surface area contributed by atoms with Crippen molar-refractivity contribution in [3.8, 4) is 0 Å². The molecule has 0 spiro atoms. The van der Waals surface area contributed by atoms with Crippen LogP contribution in [-0.4, -0.2) is 24.4 Å². The summed E-state index contributed by atoms with van der Waals surface area (Å²) in [4.78, 5) is 26.3. The predicted molar refractivity (Wildman–Crippen MR) is 85.8 cm³/mol. The van der Waals surface area contributed by atoms with E-state index in [1.807, 2.05) is 19.1 Å². The normalized spacial score (nSPS) is 17.4. The van der Waals surface area contributed by atoms with Crippen molar-refractivity contribution >= 4 is 17.5 Å². The van der Waals surface area contributed by atoms with Crippen LogP contribution in [0.3, 0.4) is 0 Å². The van der Waals surface area contributed by atoms with Gasteiger partial charge in [0.1, 0.15) is 11.9 Å². The number of hydrogen-bond acceptors (Lipinski definition) is 2. The molecule has 1 aliphatic rings. The minimum Gasteiger partial charge on any atom is -0.340 e. The first kappa shape index (κ1) is 15.2. The molecule has 0 radical (unpaired) electrons. The summed E-state index contributed by atoms with van der Waals surface area (Å²) in [7, 11) is 0. The highest BCUT2D eigenvalue weighted by Gasteiger charge is 2.33. The molecule has 0 aliphatic carbocycles. The summed E-state index contributed by atoms with van der Waals surface area (Å²) in [6.07, 6.45) is 0.535. The molecule has 1 atom stereocenters. The first-order chi connectivity index (χ1) is 11.0. The van der Waals surface area contributed by atoms with Crippen molar-refractivity contribution in [3.05, 3.63) is 65.5 Å². The van der Waals surface area contributed by atoms with Gasteiger partial charge in [0, 0.05) is 17.8 Å². The Bertz CT molecular complexity index is 743. The van der Waals surface area contributed by atoms with Gasteiger partial charge in [-0.05, 0) is 49.7 Å². The molecule has 5 heteroatoms. The van der Waals surface area contributed by atoms with Gasteiger partial charge in [-0.15, -0.1) is 0 Å². The maximum absolute atomic E-state index is 13.0. The second kappa shape index (κ2) is 6.20. The van der Waals surface area contributed by atoms with Crippen LogP contribution in [0.25, 0.3) is 0 Å². The number of nitrogens with zero attached hydrogens (tertiary/aromatic N) is 1. The number of aryl methyl sites for hydroxylation is 1. The SMILES string of the molecule is Cc1cccc(C(=O)NC2CCN(c3ccc(F)cc3)C2=O)c1. The molecule has 118 valence electrons. The lowest BCUT2D eigenvalue weighted by Crippen LogP contribution is -2.41. The fourth-order valence-electron chi connectivity index (χ4n) is 2.72. The second-order valence-electron chi connectivity index (χ2n) is 5.65. The van der Waals surface area contributed by atoms with Gasteiger partial charge in [0.2, 0.25) is 5.91 Å². The van der Waals surface area contributed by atoms with Crippen molar-refractivity contribution in [2.75, 3.05) is 11.4 Å². The van der Waals surface area contributed by atoms with E-state index in [4.69, 9.17) is 0 Å². The van der Waals surface area contributed by atoms with Crippen molar-refractivity contribution < 1.29 is 14.0 Å². The molecule has 1 N–H and O–H groups in total. The second-order valence-corrected chi connectivity index (χ2v) is 5.65. The smallest absolute Gasteiger partial charge is 0.251 e. The van der Waals surface area contributed by atoms with Crippen molar-refractivity contribution in [1.82, 2.24) is 5.32 Å². The molecular weight excluding hydrogens is 295 g/mol. The highest BCUT2D eigenvalue weighted by Crippen LogP contribution is 2.22. The average molecular weight is 312 g/mol. The van der Waals surface area contributed by atoms with E-state index < -0.39 is 6.04 Å². The molecule has 3 rings (SSSR count). The number of anilines is 1. The van der Waals surface area contributed by atoms with Crippen LogP contribution in [0.15, 0.2) is 48.5 Å². The number of carbonyl (C=O) groups is 2. The summed E-state index contributed by atoms with van der Waals surface area (Å²) in [5, 5.41) is 2.78. The zero-order chi connectivity index (χ0) is 16.4. The number of benzene rings is 2.